The third-order valence-corrected chi connectivity index (χ3v) is 10.8. The van der Waals surface area contributed by atoms with E-state index in [2.05, 4.69) is 34.6 Å². The largest absolute Gasteiger partial charge is 0.458 e. The van der Waals surface area contributed by atoms with Crippen molar-refractivity contribution in [2.24, 2.45) is 40.4 Å². The number of ketones is 2. The molecule has 0 aromatic heterocycles. The van der Waals surface area contributed by atoms with Crippen molar-refractivity contribution in [1.29, 1.82) is 0 Å². The summed E-state index contributed by atoms with van der Waals surface area (Å²) in [6, 6.07) is 9.31. The molecule has 3 aliphatic rings. The zero-order valence-corrected chi connectivity index (χ0v) is 25.8. The zero-order valence-electron chi connectivity index (χ0n) is 25.8. The van der Waals surface area contributed by atoms with Crippen LogP contribution < -0.4 is 0 Å². The minimum atomic E-state index is -0.232. The van der Waals surface area contributed by atoms with Crippen LogP contribution in [0.4, 0.5) is 0 Å². The second-order valence-electron chi connectivity index (χ2n) is 14.0. The SMILES string of the molecule is CC(C)C(=O)/C=C/[C@@H](C)C1CCCC2=C(CCC3C(C)(C)[C@@H](OC(=O)c4ccccc4)CC[C@]23C)C(C)C(=O)C1. The van der Waals surface area contributed by atoms with Gasteiger partial charge in [-0.25, -0.2) is 4.79 Å². The fourth-order valence-corrected chi connectivity index (χ4v) is 8.12. The molecule has 3 unspecified atom stereocenters. The van der Waals surface area contributed by atoms with Gasteiger partial charge < -0.3 is 4.74 Å². The predicted molar refractivity (Wildman–Crippen MR) is 161 cm³/mol. The summed E-state index contributed by atoms with van der Waals surface area (Å²) in [5, 5.41) is 0. The van der Waals surface area contributed by atoms with Gasteiger partial charge in [-0.2, -0.15) is 0 Å². The number of ether oxygens (including phenoxy) is 1. The van der Waals surface area contributed by atoms with E-state index in [-0.39, 0.29) is 52.4 Å². The molecule has 6 atom stereocenters. The van der Waals surface area contributed by atoms with E-state index in [1.165, 1.54) is 11.1 Å². The second kappa shape index (κ2) is 12.2. The minimum absolute atomic E-state index is 0.00328. The van der Waals surface area contributed by atoms with Crippen LogP contribution in [0.15, 0.2) is 53.6 Å². The van der Waals surface area contributed by atoms with E-state index < -0.39 is 0 Å². The molecule has 3 aliphatic carbocycles. The van der Waals surface area contributed by atoms with Gasteiger partial charge in [0, 0.05) is 23.7 Å². The molecule has 0 N–H and O–H groups in total. The number of fused-ring (bicyclic) bond motifs is 2. The monoisotopic (exact) mass is 546 g/mol. The maximum absolute atomic E-state index is 13.7. The molecule has 218 valence electrons. The van der Waals surface area contributed by atoms with E-state index >= 15 is 0 Å². The van der Waals surface area contributed by atoms with Crippen LogP contribution in [0, 0.1) is 40.4 Å². The Balaban J connectivity index is 1.54. The number of benzene rings is 1. The summed E-state index contributed by atoms with van der Waals surface area (Å²) in [6.07, 6.45) is 11.1. The zero-order chi connectivity index (χ0) is 29.2. The molecule has 0 bridgehead atoms. The summed E-state index contributed by atoms with van der Waals surface area (Å²) in [6.45, 7) is 15.1. The van der Waals surface area contributed by atoms with E-state index in [1.54, 1.807) is 6.08 Å². The van der Waals surface area contributed by atoms with Crippen LogP contribution in [0.2, 0.25) is 0 Å². The second-order valence-corrected chi connectivity index (χ2v) is 14.0. The van der Waals surface area contributed by atoms with Crippen molar-refractivity contribution in [3.8, 4) is 0 Å². The van der Waals surface area contributed by atoms with Crippen LogP contribution in [-0.2, 0) is 14.3 Å². The summed E-state index contributed by atoms with van der Waals surface area (Å²) in [7, 11) is 0. The molecule has 0 radical (unpaired) electrons. The molecule has 1 fully saturated rings. The fraction of sp³-hybridized carbons (Fsp3) is 0.639. The van der Waals surface area contributed by atoms with E-state index in [0.29, 0.717) is 23.7 Å². The van der Waals surface area contributed by atoms with Crippen molar-refractivity contribution >= 4 is 17.5 Å². The van der Waals surface area contributed by atoms with Crippen LogP contribution in [0.3, 0.4) is 0 Å². The molecule has 0 aliphatic heterocycles. The Kier molecular flexibility index (Phi) is 9.27. The minimum Gasteiger partial charge on any atom is -0.458 e. The number of carbonyl (C=O) groups excluding carboxylic acids is 3. The van der Waals surface area contributed by atoms with Crippen LogP contribution in [0.25, 0.3) is 0 Å². The Labute approximate surface area is 242 Å². The normalized spacial score (nSPS) is 31.6. The lowest BCUT2D eigenvalue weighted by molar-refractivity contribution is -0.123. The van der Waals surface area contributed by atoms with E-state index in [1.807, 2.05) is 50.3 Å². The molecule has 0 spiro atoms. The van der Waals surface area contributed by atoms with Crippen molar-refractivity contribution in [2.75, 3.05) is 0 Å². The first kappa shape index (κ1) is 30.5. The first-order valence-corrected chi connectivity index (χ1v) is 15.6. The van der Waals surface area contributed by atoms with Gasteiger partial charge in [-0.1, -0.05) is 83.9 Å². The van der Waals surface area contributed by atoms with Gasteiger partial charge in [-0.15, -0.1) is 0 Å². The number of rotatable bonds is 6. The molecule has 1 saturated carbocycles. The molecule has 4 nitrogen and oxygen atoms in total. The Morgan fingerprint density at radius 3 is 2.38 bits per heavy atom. The molecule has 0 saturated heterocycles. The lowest BCUT2D eigenvalue weighted by atomic mass is 9.48. The van der Waals surface area contributed by atoms with Gasteiger partial charge in [0.2, 0.25) is 0 Å². The number of hydrogen-bond donors (Lipinski definition) is 0. The first-order chi connectivity index (χ1) is 18.9. The molecule has 0 heterocycles. The number of hydrogen-bond acceptors (Lipinski definition) is 4. The summed E-state index contributed by atoms with van der Waals surface area (Å²) in [5.41, 5.74) is 3.36. The molecular weight excluding hydrogens is 496 g/mol. The first-order valence-electron chi connectivity index (χ1n) is 15.6. The molecule has 4 rings (SSSR count). The Hall–Kier alpha value is -2.49. The van der Waals surface area contributed by atoms with Crippen LogP contribution >= 0.6 is 0 Å². The summed E-state index contributed by atoms with van der Waals surface area (Å²) >= 11 is 0. The average Bonchev–Trinajstić information content (AvgIpc) is 2.98. The maximum Gasteiger partial charge on any atom is 0.338 e. The van der Waals surface area contributed by atoms with Crippen LogP contribution in [0.1, 0.15) is 110 Å². The average molecular weight is 547 g/mol. The van der Waals surface area contributed by atoms with Gasteiger partial charge in [-0.3, -0.25) is 9.59 Å². The fourth-order valence-electron chi connectivity index (χ4n) is 8.12. The lowest BCUT2D eigenvalue weighted by Crippen LogP contribution is -2.53. The highest BCUT2D eigenvalue weighted by Crippen LogP contribution is 2.62. The highest BCUT2D eigenvalue weighted by Gasteiger charge is 2.56. The summed E-state index contributed by atoms with van der Waals surface area (Å²) in [4.78, 5) is 38.8. The van der Waals surface area contributed by atoms with E-state index in [4.69, 9.17) is 4.74 Å². The van der Waals surface area contributed by atoms with Gasteiger partial charge in [0.25, 0.3) is 0 Å². The third-order valence-electron chi connectivity index (χ3n) is 10.8. The third kappa shape index (κ3) is 6.06. The van der Waals surface area contributed by atoms with Crippen LogP contribution in [0.5, 0.6) is 0 Å². The number of carbonyl (C=O) groups is 3. The van der Waals surface area contributed by atoms with Crippen molar-refractivity contribution < 1.29 is 19.1 Å². The van der Waals surface area contributed by atoms with E-state index in [0.717, 1.165) is 44.9 Å². The topological polar surface area (TPSA) is 60.4 Å². The Morgan fingerprint density at radius 1 is 1.00 bits per heavy atom. The highest BCUT2D eigenvalue weighted by molar-refractivity contribution is 5.91. The van der Waals surface area contributed by atoms with Crippen molar-refractivity contribution in [2.45, 2.75) is 106 Å². The van der Waals surface area contributed by atoms with Gasteiger partial charge >= 0.3 is 5.97 Å². The van der Waals surface area contributed by atoms with Gasteiger partial charge in [0.05, 0.1) is 5.56 Å². The molecular formula is C36H50O4. The van der Waals surface area contributed by atoms with Gasteiger partial charge in [0.15, 0.2) is 5.78 Å². The molecule has 1 aromatic carbocycles. The number of allylic oxidation sites excluding steroid dienone is 4. The molecule has 0 amide bonds. The van der Waals surface area contributed by atoms with Crippen LogP contribution in [-0.4, -0.2) is 23.6 Å². The van der Waals surface area contributed by atoms with Crippen molar-refractivity contribution in [3.63, 3.8) is 0 Å². The van der Waals surface area contributed by atoms with Crippen molar-refractivity contribution in [3.05, 3.63) is 59.2 Å². The number of esters is 1. The molecule has 40 heavy (non-hydrogen) atoms. The maximum atomic E-state index is 13.7. The Bertz CT molecular complexity index is 1160. The van der Waals surface area contributed by atoms with Gasteiger partial charge in [-0.05, 0) is 86.3 Å². The Morgan fingerprint density at radius 2 is 1.70 bits per heavy atom. The van der Waals surface area contributed by atoms with E-state index in [9.17, 15) is 14.4 Å². The van der Waals surface area contributed by atoms with Crippen molar-refractivity contribution in [1.82, 2.24) is 0 Å². The number of Topliss-reactive ketones (excluding diaryl/α,β-unsaturated/α-hetero) is 1. The predicted octanol–water partition coefficient (Wildman–Crippen LogP) is 8.56. The van der Waals surface area contributed by atoms with Gasteiger partial charge in [0.1, 0.15) is 11.9 Å². The standard InChI is InChI=1S/C36H50O4/c1-23(2)30(37)18-16-24(3)27-14-11-15-29-28(25(4)31(38)22-27)17-19-32-35(5,6)33(20-21-36(29,32)7)40-34(39)26-12-9-8-10-13-26/h8-10,12-13,16,18,23-25,27,32-33H,11,14-15,17,19-22H2,1-7H3/b18-16+/t24-,25?,27?,32?,33+,36-/m1/s1. The molecule has 4 heteroatoms. The highest BCUT2D eigenvalue weighted by atomic mass is 16.5. The molecule has 1 aromatic rings. The smallest absolute Gasteiger partial charge is 0.338 e. The lowest BCUT2D eigenvalue weighted by Gasteiger charge is -2.58. The summed E-state index contributed by atoms with van der Waals surface area (Å²) < 4.78 is 6.18. The summed E-state index contributed by atoms with van der Waals surface area (Å²) in [5.74, 6) is 1.06. The quantitative estimate of drug-likeness (QED) is 0.204.